The van der Waals surface area contributed by atoms with Crippen molar-refractivity contribution >= 4 is 22.6 Å². The molecule has 0 spiro atoms. The van der Waals surface area contributed by atoms with E-state index in [4.69, 9.17) is 6.42 Å². The molecule has 0 aromatic heterocycles. The Hall–Kier alpha value is -0.530. The third-order valence-electron chi connectivity index (χ3n) is 1.67. The highest BCUT2D eigenvalue weighted by atomic mass is 127. The van der Waals surface area contributed by atoms with Crippen LogP contribution in [-0.2, 0) is 0 Å². The summed E-state index contributed by atoms with van der Waals surface area (Å²) in [5.74, 6) is 2.69. The van der Waals surface area contributed by atoms with Crippen molar-refractivity contribution < 1.29 is 0 Å². The molecule has 1 rings (SSSR count). The minimum absolute atomic E-state index is 0.0260. The summed E-state index contributed by atoms with van der Waals surface area (Å²) in [6.45, 7) is 0. The lowest BCUT2D eigenvalue weighted by atomic mass is 10.1. The first-order valence-electron chi connectivity index (χ1n) is 3.67. The van der Waals surface area contributed by atoms with Crippen LogP contribution in [0.2, 0.25) is 0 Å². The number of nitrogens with one attached hydrogen (secondary N) is 1. The maximum absolute atomic E-state index is 5.37. The second-order valence-electron chi connectivity index (χ2n) is 2.41. The van der Waals surface area contributed by atoms with Crippen LogP contribution in [0.5, 0.6) is 0 Å². The van der Waals surface area contributed by atoms with Gasteiger partial charge in [-0.2, -0.15) is 0 Å². The number of halogens is 1. The molecule has 0 aliphatic heterocycles. The van der Waals surface area contributed by atoms with Gasteiger partial charge in [0.05, 0.1) is 6.04 Å². The minimum Gasteiger partial charge on any atom is -0.303 e. The lowest BCUT2D eigenvalue weighted by molar-refractivity contribution is 0.733. The van der Waals surface area contributed by atoms with Crippen LogP contribution in [0.15, 0.2) is 24.3 Å². The molecule has 0 aliphatic rings. The van der Waals surface area contributed by atoms with E-state index in [9.17, 15) is 0 Å². The lowest BCUT2D eigenvalue weighted by Crippen LogP contribution is -2.15. The summed E-state index contributed by atoms with van der Waals surface area (Å²) in [6, 6.07) is 8.13. The second kappa shape index (κ2) is 4.48. The van der Waals surface area contributed by atoms with Crippen LogP contribution in [0.25, 0.3) is 0 Å². The molecule has 12 heavy (non-hydrogen) atoms. The van der Waals surface area contributed by atoms with Gasteiger partial charge in [-0.1, -0.05) is 24.1 Å². The third-order valence-corrected chi connectivity index (χ3v) is 2.65. The molecule has 0 aliphatic carbocycles. The highest BCUT2D eigenvalue weighted by Gasteiger charge is 2.07. The van der Waals surface area contributed by atoms with Crippen LogP contribution in [-0.4, -0.2) is 7.05 Å². The SMILES string of the molecule is C#CC(NC)c1ccccc1I. The number of benzene rings is 1. The van der Waals surface area contributed by atoms with Crippen molar-refractivity contribution in [2.75, 3.05) is 7.05 Å². The van der Waals surface area contributed by atoms with Gasteiger partial charge in [0.2, 0.25) is 0 Å². The van der Waals surface area contributed by atoms with Crippen molar-refractivity contribution in [2.24, 2.45) is 0 Å². The van der Waals surface area contributed by atoms with Gasteiger partial charge in [0.25, 0.3) is 0 Å². The molecule has 1 N–H and O–H groups in total. The van der Waals surface area contributed by atoms with Crippen molar-refractivity contribution in [2.45, 2.75) is 6.04 Å². The quantitative estimate of drug-likeness (QED) is 0.642. The van der Waals surface area contributed by atoms with Crippen LogP contribution in [0.3, 0.4) is 0 Å². The molecule has 1 aromatic carbocycles. The zero-order valence-corrected chi connectivity index (χ0v) is 9.00. The highest BCUT2D eigenvalue weighted by Crippen LogP contribution is 2.18. The van der Waals surface area contributed by atoms with Gasteiger partial charge in [0, 0.05) is 3.57 Å². The van der Waals surface area contributed by atoms with Gasteiger partial charge in [0.15, 0.2) is 0 Å². The van der Waals surface area contributed by atoms with E-state index in [2.05, 4.69) is 39.9 Å². The molecule has 1 unspecified atom stereocenters. The van der Waals surface area contributed by atoms with Crippen molar-refractivity contribution in [1.82, 2.24) is 5.32 Å². The predicted molar refractivity (Wildman–Crippen MR) is 59.8 cm³/mol. The summed E-state index contributed by atoms with van der Waals surface area (Å²) in [5.41, 5.74) is 1.17. The van der Waals surface area contributed by atoms with Gasteiger partial charge < -0.3 is 5.32 Å². The smallest absolute Gasteiger partial charge is 0.0951 e. The Morgan fingerprint density at radius 1 is 1.50 bits per heavy atom. The van der Waals surface area contributed by atoms with Crippen molar-refractivity contribution in [3.63, 3.8) is 0 Å². The fourth-order valence-corrected chi connectivity index (χ4v) is 1.74. The molecule has 0 amide bonds. The van der Waals surface area contributed by atoms with Gasteiger partial charge in [0.1, 0.15) is 0 Å². The first-order chi connectivity index (χ1) is 5.79. The van der Waals surface area contributed by atoms with E-state index < -0.39 is 0 Å². The standard InChI is InChI=1S/C10H10IN/c1-3-10(12-2)8-6-4-5-7-9(8)11/h1,4-7,10,12H,2H3. The fraction of sp³-hybridized carbons (Fsp3) is 0.200. The molecule has 0 saturated heterocycles. The average Bonchev–Trinajstić information content (AvgIpc) is 2.10. The van der Waals surface area contributed by atoms with Crippen LogP contribution in [0, 0.1) is 15.9 Å². The summed E-state index contributed by atoms with van der Waals surface area (Å²) < 4.78 is 1.20. The molecule has 2 heteroatoms. The largest absolute Gasteiger partial charge is 0.303 e. The highest BCUT2D eigenvalue weighted by molar-refractivity contribution is 14.1. The first-order valence-corrected chi connectivity index (χ1v) is 4.75. The van der Waals surface area contributed by atoms with E-state index >= 15 is 0 Å². The van der Waals surface area contributed by atoms with Crippen molar-refractivity contribution in [3.8, 4) is 12.3 Å². The maximum Gasteiger partial charge on any atom is 0.0951 e. The van der Waals surface area contributed by atoms with Crippen LogP contribution in [0.1, 0.15) is 11.6 Å². The fourth-order valence-electron chi connectivity index (χ4n) is 1.04. The van der Waals surface area contributed by atoms with Crippen LogP contribution >= 0.6 is 22.6 Å². The van der Waals surface area contributed by atoms with E-state index in [1.54, 1.807) is 0 Å². The maximum atomic E-state index is 5.37. The molecular weight excluding hydrogens is 261 g/mol. The Morgan fingerprint density at radius 3 is 2.67 bits per heavy atom. The van der Waals surface area contributed by atoms with Gasteiger partial charge in [-0.05, 0) is 41.3 Å². The Kier molecular flexibility index (Phi) is 3.57. The Bertz CT molecular complexity index is 301. The summed E-state index contributed by atoms with van der Waals surface area (Å²) in [4.78, 5) is 0. The van der Waals surface area contributed by atoms with Gasteiger partial charge in [-0.3, -0.25) is 0 Å². The topological polar surface area (TPSA) is 12.0 Å². The third kappa shape index (κ3) is 1.99. The molecule has 0 bridgehead atoms. The molecule has 0 fully saturated rings. The summed E-state index contributed by atoms with van der Waals surface area (Å²) >= 11 is 2.29. The Balaban J connectivity index is 3.02. The number of rotatable bonds is 2. The molecular formula is C10H10IN. The summed E-state index contributed by atoms with van der Waals surface area (Å²) in [7, 11) is 1.87. The summed E-state index contributed by atoms with van der Waals surface area (Å²) in [5, 5.41) is 3.07. The van der Waals surface area contributed by atoms with E-state index in [0.29, 0.717) is 0 Å². The predicted octanol–water partition coefficient (Wildman–Crippen LogP) is 2.18. The van der Waals surface area contributed by atoms with Gasteiger partial charge in [-0.15, -0.1) is 6.42 Å². The monoisotopic (exact) mass is 271 g/mol. The zero-order valence-electron chi connectivity index (χ0n) is 6.84. The molecule has 0 radical (unpaired) electrons. The molecule has 1 atom stereocenters. The normalized spacial score (nSPS) is 12.1. The average molecular weight is 271 g/mol. The van der Waals surface area contributed by atoms with Gasteiger partial charge in [-0.25, -0.2) is 0 Å². The Labute approximate surface area is 86.7 Å². The molecule has 0 heterocycles. The molecule has 62 valence electrons. The zero-order chi connectivity index (χ0) is 8.97. The van der Waals surface area contributed by atoms with Crippen LogP contribution in [0.4, 0.5) is 0 Å². The van der Waals surface area contributed by atoms with Crippen molar-refractivity contribution in [1.29, 1.82) is 0 Å². The number of terminal acetylenes is 1. The lowest BCUT2D eigenvalue weighted by Gasteiger charge is -2.10. The second-order valence-corrected chi connectivity index (χ2v) is 3.57. The molecule has 1 nitrogen and oxygen atoms in total. The van der Waals surface area contributed by atoms with Gasteiger partial charge >= 0.3 is 0 Å². The number of hydrogen-bond donors (Lipinski definition) is 1. The summed E-state index contributed by atoms with van der Waals surface area (Å²) in [6.07, 6.45) is 5.37. The van der Waals surface area contributed by atoms with Crippen molar-refractivity contribution in [3.05, 3.63) is 33.4 Å². The molecule has 1 aromatic rings. The number of hydrogen-bond acceptors (Lipinski definition) is 1. The van der Waals surface area contributed by atoms with E-state index in [-0.39, 0.29) is 6.04 Å². The molecule has 0 saturated carbocycles. The van der Waals surface area contributed by atoms with E-state index in [1.165, 1.54) is 9.13 Å². The van der Waals surface area contributed by atoms with E-state index in [1.807, 2.05) is 25.2 Å². The van der Waals surface area contributed by atoms with Crippen LogP contribution < -0.4 is 5.32 Å². The first kappa shape index (κ1) is 9.56. The minimum atomic E-state index is 0.0260. The van der Waals surface area contributed by atoms with E-state index in [0.717, 1.165) is 0 Å². The Morgan fingerprint density at radius 2 is 2.17 bits per heavy atom.